The predicted octanol–water partition coefficient (Wildman–Crippen LogP) is 3.03. The summed E-state index contributed by atoms with van der Waals surface area (Å²) in [5.41, 5.74) is 0. The monoisotopic (exact) mass is 259 g/mol. The van der Waals surface area contributed by atoms with E-state index in [-0.39, 0.29) is 21.0 Å². The van der Waals surface area contributed by atoms with Gasteiger partial charge in [-0.3, -0.25) is 0 Å². The molecule has 0 bridgehead atoms. The van der Waals surface area contributed by atoms with E-state index in [0.29, 0.717) is 24.1 Å². The Kier molecular flexibility index (Phi) is 8.72. The van der Waals surface area contributed by atoms with E-state index in [9.17, 15) is 0 Å². The van der Waals surface area contributed by atoms with Gasteiger partial charge in [-0.25, -0.2) is 0 Å². The van der Waals surface area contributed by atoms with Crippen molar-refractivity contribution in [1.82, 2.24) is 0 Å². The van der Waals surface area contributed by atoms with Crippen molar-refractivity contribution in [3.63, 3.8) is 0 Å². The molecule has 0 aromatic carbocycles. The fourth-order valence-electron chi connectivity index (χ4n) is 1.57. The van der Waals surface area contributed by atoms with Gasteiger partial charge < -0.3 is 4.52 Å². The van der Waals surface area contributed by atoms with Gasteiger partial charge in [-0.1, -0.05) is 0 Å². The second-order valence-corrected chi connectivity index (χ2v) is 5.50. The van der Waals surface area contributed by atoms with Crippen molar-refractivity contribution in [2.24, 2.45) is 0 Å². The molecular weight excluding hydrogens is 235 g/mol. The lowest BCUT2D eigenvalue weighted by atomic mass is 10.3. The first-order valence-corrected chi connectivity index (χ1v) is 6.76. The Labute approximate surface area is 107 Å². The maximum Gasteiger partial charge on any atom is 0.273 e. The van der Waals surface area contributed by atoms with Crippen LogP contribution in [-0.2, 0) is 9.36 Å². The van der Waals surface area contributed by atoms with Crippen molar-refractivity contribution >= 4 is 8.96 Å². The highest BCUT2D eigenvalue weighted by Gasteiger charge is 2.38. The average molecular weight is 259 g/mol. The quantitative estimate of drug-likeness (QED) is 0.363. The summed E-state index contributed by atoms with van der Waals surface area (Å²) in [5, 5.41) is 8.58. The van der Waals surface area contributed by atoms with Gasteiger partial charge in [0.2, 0.25) is 0 Å². The number of hydroxylamine groups is 2. The van der Waals surface area contributed by atoms with Gasteiger partial charge in [0.15, 0.2) is 0 Å². The second kappa shape index (κ2) is 8.83. The van der Waals surface area contributed by atoms with Crippen LogP contribution in [0.2, 0.25) is 0 Å². The SMILES string of the molecule is [CH2][CH]COP[N+](OCCC#N)(C(C)C)C(C)C. The molecule has 0 saturated heterocycles. The Bertz CT molecular complexity index is 231. The molecule has 0 amide bonds. The van der Waals surface area contributed by atoms with Crippen LogP contribution in [0, 0.1) is 24.7 Å². The molecule has 0 aliphatic heterocycles. The van der Waals surface area contributed by atoms with Crippen LogP contribution in [0.3, 0.4) is 0 Å². The summed E-state index contributed by atoms with van der Waals surface area (Å²) in [4.78, 5) is 5.91. The first kappa shape index (κ1) is 16.8. The van der Waals surface area contributed by atoms with Gasteiger partial charge in [0.1, 0.15) is 18.7 Å². The van der Waals surface area contributed by atoms with Crippen LogP contribution >= 0.6 is 8.96 Å². The fraction of sp³-hybridized carbons (Fsp3) is 0.750. The van der Waals surface area contributed by atoms with Crippen LogP contribution in [0.25, 0.3) is 0 Å². The van der Waals surface area contributed by atoms with E-state index in [1.165, 1.54) is 0 Å². The Hall–Kier alpha value is -0.200. The van der Waals surface area contributed by atoms with E-state index in [0.717, 1.165) is 0 Å². The fourth-order valence-corrected chi connectivity index (χ4v) is 2.53. The van der Waals surface area contributed by atoms with Crippen molar-refractivity contribution in [3.8, 4) is 6.07 Å². The molecule has 0 spiro atoms. The molecule has 1 atom stereocenters. The molecule has 17 heavy (non-hydrogen) atoms. The first-order chi connectivity index (χ1) is 8.01. The number of hydrogen-bond acceptors (Lipinski definition) is 3. The molecule has 0 rings (SSSR count). The minimum absolute atomic E-state index is 0.207. The average Bonchev–Trinajstić information content (AvgIpc) is 2.26. The Morgan fingerprint density at radius 3 is 2.35 bits per heavy atom. The third-order valence-electron chi connectivity index (χ3n) is 2.46. The number of quaternary nitrogens is 1. The van der Waals surface area contributed by atoms with Gasteiger partial charge in [0.05, 0.1) is 19.1 Å². The highest BCUT2D eigenvalue weighted by Crippen LogP contribution is 2.38. The molecular formula is C12H24N2O2P+. The van der Waals surface area contributed by atoms with Gasteiger partial charge >= 0.3 is 0 Å². The molecule has 0 aromatic heterocycles. The summed E-state index contributed by atoms with van der Waals surface area (Å²) in [6.07, 6.45) is 2.14. The van der Waals surface area contributed by atoms with Gasteiger partial charge in [-0.05, 0) is 41.0 Å². The number of rotatable bonds is 9. The third-order valence-corrected chi connectivity index (χ3v) is 4.20. The van der Waals surface area contributed by atoms with Gasteiger partial charge in [0.25, 0.3) is 8.96 Å². The highest BCUT2D eigenvalue weighted by atomic mass is 31.1. The van der Waals surface area contributed by atoms with Crippen molar-refractivity contribution in [1.29, 1.82) is 5.26 Å². The molecule has 0 fully saturated rings. The smallest absolute Gasteiger partial charge is 0.273 e. The zero-order valence-electron chi connectivity index (χ0n) is 11.3. The van der Waals surface area contributed by atoms with Gasteiger partial charge in [-0.15, -0.1) is 4.42 Å². The minimum atomic E-state index is 0.207. The lowest BCUT2D eigenvalue weighted by molar-refractivity contribution is -1.04. The van der Waals surface area contributed by atoms with E-state index in [1.54, 1.807) is 6.42 Å². The van der Waals surface area contributed by atoms with Crippen LogP contribution in [0.1, 0.15) is 34.1 Å². The zero-order valence-corrected chi connectivity index (χ0v) is 12.3. The first-order valence-electron chi connectivity index (χ1n) is 5.91. The standard InChI is InChI=1S/C12H24N2O2P/c1-6-9-16-17-14(11(2)3,12(4)5)15-10-7-8-13/h6,11-12,17H,1,7,9-10H2,2-5H3/q+1. The van der Waals surface area contributed by atoms with Gasteiger partial charge in [0, 0.05) is 0 Å². The summed E-state index contributed by atoms with van der Waals surface area (Å²) >= 11 is 0. The summed E-state index contributed by atoms with van der Waals surface area (Å²) < 4.78 is 6.02. The summed E-state index contributed by atoms with van der Waals surface area (Å²) in [6, 6.07) is 2.67. The van der Waals surface area contributed by atoms with E-state index >= 15 is 0 Å². The number of nitrogens with zero attached hydrogens (tertiary/aromatic N) is 2. The third kappa shape index (κ3) is 5.31. The van der Waals surface area contributed by atoms with E-state index < -0.39 is 0 Å². The van der Waals surface area contributed by atoms with Crippen LogP contribution < -0.4 is 0 Å². The molecule has 4 nitrogen and oxygen atoms in total. The van der Waals surface area contributed by atoms with Crippen LogP contribution in [0.5, 0.6) is 0 Å². The Morgan fingerprint density at radius 2 is 1.94 bits per heavy atom. The molecule has 5 heteroatoms. The molecule has 98 valence electrons. The summed E-state index contributed by atoms with van der Waals surface area (Å²) in [5.74, 6) is 0. The summed E-state index contributed by atoms with van der Waals surface area (Å²) in [7, 11) is 0.207. The molecule has 0 saturated carbocycles. The molecule has 0 aromatic rings. The summed E-state index contributed by atoms with van der Waals surface area (Å²) in [6.45, 7) is 13.0. The van der Waals surface area contributed by atoms with Crippen molar-refractivity contribution < 1.29 is 13.8 Å². The van der Waals surface area contributed by atoms with E-state index in [2.05, 4.69) is 40.7 Å². The molecule has 0 aliphatic carbocycles. The van der Waals surface area contributed by atoms with Crippen LogP contribution in [0.15, 0.2) is 0 Å². The molecule has 2 radical (unpaired) electrons. The van der Waals surface area contributed by atoms with E-state index in [4.69, 9.17) is 14.6 Å². The largest absolute Gasteiger partial charge is 0.310 e. The lowest BCUT2D eigenvalue weighted by Crippen LogP contribution is -2.51. The molecule has 0 heterocycles. The molecule has 0 N–H and O–H groups in total. The topological polar surface area (TPSA) is 42.2 Å². The maximum atomic E-state index is 8.58. The predicted molar refractivity (Wildman–Crippen MR) is 70.6 cm³/mol. The number of nitriles is 1. The highest BCUT2D eigenvalue weighted by molar-refractivity contribution is 7.25. The maximum absolute atomic E-state index is 8.58. The molecule has 1 unspecified atom stereocenters. The van der Waals surface area contributed by atoms with Crippen molar-refractivity contribution in [3.05, 3.63) is 13.3 Å². The number of hydrogen-bond donors (Lipinski definition) is 0. The Balaban J connectivity index is 4.57. The van der Waals surface area contributed by atoms with Crippen molar-refractivity contribution in [2.45, 2.75) is 46.2 Å². The molecule has 0 aliphatic rings. The second-order valence-electron chi connectivity index (χ2n) is 4.33. The van der Waals surface area contributed by atoms with Crippen molar-refractivity contribution in [2.75, 3.05) is 13.2 Å². The zero-order chi connectivity index (χ0) is 13.3. The minimum Gasteiger partial charge on any atom is -0.310 e. The van der Waals surface area contributed by atoms with Crippen LogP contribution in [-0.4, -0.2) is 29.7 Å². The Morgan fingerprint density at radius 1 is 1.35 bits per heavy atom. The van der Waals surface area contributed by atoms with Gasteiger partial charge in [-0.2, -0.15) is 10.1 Å². The lowest BCUT2D eigenvalue weighted by Gasteiger charge is -2.40. The normalized spacial score (nSPS) is 12.8. The van der Waals surface area contributed by atoms with Crippen LogP contribution in [0.4, 0.5) is 0 Å². The van der Waals surface area contributed by atoms with E-state index in [1.807, 2.05) is 0 Å².